The number of methoxy groups -OCH3 is 1. The Balaban J connectivity index is 1.80. The first kappa shape index (κ1) is 16.2. The van der Waals surface area contributed by atoms with Crippen molar-refractivity contribution >= 4 is 17.5 Å². The van der Waals surface area contributed by atoms with Crippen LogP contribution in [0.3, 0.4) is 0 Å². The molecule has 1 aliphatic heterocycles. The number of amides is 1. The summed E-state index contributed by atoms with van der Waals surface area (Å²) in [5.74, 6) is 0.937. The van der Waals surface area contributed by atoms with Crippen LogP contribution in [0.25, 0.3) is 0 Å². The SMILES string of the molecule is COc1ccc(C)cc1Nc1nccc(C(=O)N2CCOCC2)n1. The van der Waals surface area contributed by atoms with E-state index in [9.17, 15) is 4.79 Å². The van der Waals surface area contributed by atoms with E-state index in [2.05, 4.69) is 15.3 Å². The number of aryl methyl sites for hydroxylation is 1. The highest BCUT2D eigenvalue weighted by molar-refractivity contribution is 5.92. The molecule has 1 saturated heterocycles. The fraction of sp³-hybridized carbons (Fsp3) is 0.353. The van der Waals surface area contributed by atoms with Crippen molar-refractivity contribution in [1.29, 1.82) is 0 Å². The van der Waals surface area contributed by atoms with Crippen LogP contribution in [0.2, 0.25) is 0 Å². The lowest BCUT2D eigenvalue weighted by atomic mass is 10.2. The summed E-state index contributed by atoms with van der Waals surface area (Å²) in [5, 5.41) is 3.12. The van der Waals surface area contributed by atoms with E-state index < -0.39 is 0 Å². The molecule has 0 saturated carbocycles. The first-order valence-corrected chi connectivity index (χ1v) is 7.79. The molecular weight excluding hydrogens is 308 g/mol. The Hall–Kier alpha value is -2.67. The third-order valence-electron chi connectivity index (χ3n) is 3.77. The number of hydrogen-bond donors (Lipinski definition) is 1. The van der Waals surface area contributed by atoms with Crippen molar-refractivity contribution in [3.8, 4) is 5.75 Å². The highest BCUT2D eigenvalue weighted by Crippen LogP contribution is 2.27. The predicted molar refractivity (Wildman–Crippen MR) is 89.8 cm³/mol. The Morgan fingerprint density at radius 3 is 2.83 bits per heavy atom. The Morgan fingerprint density at radius 1 is 1.29 bits per heavy atom. The van der Waals surface area contributed by atoms with Crippen LogP contribution >= 0.6 is 0 Å². The number of nitrogens with zero attached hydrogens (tertiary/aromatic N) is 3. The van der Waals surface area contributed by atoms with E-state index in [0.29, 0.717) is 43.7 Å². The standard InChI is InChI=1S/C17H20N4O3/c1-12-3-4-15(23-2)14(11-12)20-17-18-6-5-13(19-17)16(22)21-7-9-24-10-8-21/h3-6,11H,7-10H2,1-2H3,(H,18,19,20). The fourth-order valence-corrected chi connectivity index (χ4v) is 2.51. The lowest BCUT2D eigenvalue weighted by molar-refractivity contribution is 0.0299. The Bertz CT molecular complexity index is 730. The average Bonchev–Trinajstić information content (AvgIpc) is 2.62. The van der Waals surface area contributed by atoms with E-state index in [1.807, 2.05) is 25.1 Å². The third kappa shape index (κ3) is 3.62. The highest BCUT2D eigenvalue weighted by Gasteiger charge is 2.20. The summed E-state index contributed by atoms with van der Waals surface area (Å²) < 4.78 is 10.6. The topological polar surface area (TPSA) is 76.6 Å². The summed E-state index contributed by atoms with van der Waals surface area (Å²) in [6, 6.07) is 7.40. The molecule has 1 aromatic heterocycles. The molecule has 2 aromatic rings. The number of benzene rings is 1. The minimum absolute atomic E-state index is 0.111. The Labute approximate surface area is 140 Å². The number of anilines is 2. The maximum atomic E-state index is 12.5. The number of carbonyl (C=O) groups is 1. The fourth-order valence-electron chi connectivity index (χ4n) is 2.51. The molecule has 24 heavy (non-hydrogen) atoms. The largest absolute Gasteiger partial charge is 0.495 e. The first-order chi connectivity index (χ1) is 11.7. The van der Waals surface area contributed by atoms with Crippen LogP contribution in [0.4, 0.5) is 11.6 Å². The molecule has 0 spiro atoms. The van der Waals surface area contributed by atoms with E-state index in [1.54, 1.807) is 24.3 Å². The summed E-state index contributed by atoms with van der Waals surface area (Å²) in [4.78, 5) is 22.8. The molecule has 0 unspecified atom stereocenters. The zero-order valence-electron chi connectivity index (χ0n) is 13.8. The molecule has 0 atom stereocenters. The van der Waals surface area contributed by atoms with E-state index >= 15 is 0 Å². The zero-order chi connectivity index (χ0) is 16.9. The van der Waals surface area contributed by atoms with Gasteiger partial charge in [-0.1, -0.05) is 6.07 Å². The third-order valence-corrected chi connectivity index (χ3v) is 3.77. The second-order valence-corrected chi connectivity index (χ2v) is 5.50. The molecular formula is C17H20N4O3. The predicted octanol–water partition coefficient (Wildman–Crippen LogP) is 2.01. The van der Waals surface area contributed by atoms with Crippen molar-refractivity contribution in [1.82, 2.24) is 14.9 Å². The number of carbonyl (C=O) groups excluding carboxylic acids is 1. The van der Waals surface area contributed by atoms with Gasteiger partial charge in [0.05, 0.1) is 26.0 Å². The molecule has 1 aromatic carbocycles. The van der Waals surface area contributed by atoms with Gasteiger partial charge in [0.25, 0.3) is 5.91 Å². The minimum atomic E-state index is -0.111. The van der Waals surface area contributed by atoms with Gasteiger partial charge in [-0.3, -0.25) is 4.79 Å². The molecule has 1 amide bonds. The second kappa shape index (κ2) is 7.27. The van der Waals surface area contributed by atoms with Gasteiger partial charge in [-0.15, -0.1) is 0 Å². The molecule has 7 nitrogen and oxygen atoms in total. The Kier molecular flexibility index (Phi) is 4.90. The Morgan fingerprint density at radius 2 is 2.08 bits per heavy atom. The van der Waals surface area contributed by atoms with Crippen molar-refractivity contribution in [2.75, 3.05) is 38.7 Å². The smallest absolute Gasteiger partial charge is 0.272 e. The molecule has 2 heterocycles. The van der Waals surface area contributed by atoms with Crippen molar-refractivity contribution in [2.45, 2.75) is 6.92 Å². The van der Waals surface area contributed by atoms with Crippen LogP contribution in [0, 0.1) is 6.92 Å². The quantitative estimate of drug-likeness (QED) is 0.925. The normalized spacial score (nSPS) is 14.3. The highest BCUT2D eigenvalue weighted by atomic mass is 16.5. The lowest BCUT2D eigenvalue weighted by Crippen LogP contribution is -2.41. The van der Waals surface area contributed by atoms with E-state index in [0.717, 1.165) is 11.3 Å². The van der Waals surface area contributed by atoms with Gasteiger partial charge in [0.1, 0.15) is 11.4 Å². The van der Waals surface area contributed by atoms with Crippen LogP contribution in [0.5, 0.6) is 5.75 Å². The molecule has 1 fully saturated rings. The van der Waals surface area contributed by atoms with Gasteiger partial charge in [-0.05, 0) is 30.7 Å². The minimum Gasteiger partial charge on any atom is -0.495 e. The number of rotatable bonds is 4. The number of nitrogens with one attached hydrogen (secondary N) is 1. The zero-order valence-corrected chi connectivity index (χ0v) is 13.8. The van der Waals surface area contributed by atoms with Gasteiger partial charge in [-0.25, -0.2) is 9.97 Å². The van der Waals surface area contributed by atoms with Gasteiger partial charge >= 0.3 is 0 Å². The molecule has 0 aliphatic carbocycles. The maximum Gasteiger partial charge on any atom is 0.272 e. The molecule has 1 N–H and O–H groups in total. The summed E-state index contributed by atoms with van der Waals surface area (Å²) in [5.41, 5.74) is 2.20. The molecule has 1 aliphatic rings. The number of hydrogen-bond acceptors (Lipinski definition) is 6. The molecule has 0 bridgehead atoms. The van der Waals surface area contributed by atoms with E-state index in [1.165, 1.54) is 0 Å². The van der Waals surface area contributed by atoms with Gasteiger partial charge in [-0.2, -0.15) is 0 Å². The molecule has 7 heteroatoms. The molecule has 3 rings (SSSR count). The summed E-state index contributed by atoms with van der Waals surface area (Å²) >= 11 is 0. The van der Waals surface area contributed by atoms with Crippen LogP contribution in [-0.2, 0) is 4.74 Å². The van der Waals surface area contributed by atoms with E-state index in [4.69, 9.17) is 9.47 Å². The number of morpholine rings is 1. The van der Waals surface area contributed by atoms with Crippen molar-refractivity contribution in [3.63, 3.8) is 0 Å². The van der Waals surface area contributed by atoms with Crippen LogP contribution < -0.4 is 10.1 Å². The van der Waals surface area contributed by atoms with Gasteiger partial charge in [0.2, 0.25) is 5.95 Å². The van der Waals surface area contributed by atoms with Crippen molar-refractivity contribution in [2.24, 2.45) is 0 Å². The molecule has 126 valence electrons. The van der Waals surface area contributed by atoms with Crippen molar-refractivity contribution in [3.05, 3.63) is 41.7 Å². The second-order valence-electron chi connectivity index (χ2n) is 5.50. The summed E-state index contributed by atoms with van der Waals surface area (Å²) in [6.07, 6.45) is 1.57. The van der Waals surface area contributed by atoms with Gasteiger partial charge < -0.3 is 19.7 Å². The monoisotopic (exact) mass is 328 g/mol. The van der Waals surface area contributed by atoms with Crippen LogP contribution in [0.1, 0.15) is 16.1 Å². The average molecular weight is 328 g/mol. The van der Waals surface area contributed by atoms with Gasteiger partial charge in [0.15, 0.2) is 0 Å². The van der Waals surface area contributed by atoms with Crippen molar-refractivity contribution < 1.29 is 14.3 Å². The van der Waals surface area contributed by atoms with Gasteiger partial charge in [0, 0.05) is 19.3 Å². The number of ether oxygens (including phenoxy) is 2. The van der Waals surface area contributed by atoms with E-state index in [-0.39, 0.29) is 5.91 Å². The van der Waals surface area contributed by atoms with Crippen LogP contribution in [0.15, 0.2) is 30.5 Å². The summed E-state index contributed by atoms with van der Waals surface area (Å²) in [6.45, 7) is 4.27. The first-order valence-electron chi connectivity index (χ1n) is 7.79. The van der Waals surface area contributed by atoms with Crippen LogP contribution in [-0.4, -0.2) is 54.2 Å². The maximum absolute atomic E-state index is 12.5. The molecule has 0 radical (unpaired) electrons. The number of aromatic nitrogens is 2. The lowest BCUT2D eigenvalue weighted by Gasteiger charge is -2.26. The summed E-state index contributed by atoms with van der Waals surface area (Å²) in [7, 11) is 1.61.